The fourth-order valence-corrected chi connectivity index (χ4v) is 3.69. The molecule has 2 amide bonds. The summed E-state index contributed by atoms with van der Waals surface area (Å²) >= 11 is 1.27. The Morgan fingerprint density at radius 1 is 1.16 bits per heavy atom. The molecule has 19 heavy (non-hydrogen) atoms. The summed E-state index contributed by atoms with van der Waals surface area (Å²) in [5, 5.41) is 0. The van der Waals surface area contributed by atoms with Crippen LogP contribution in [0.4, 0.5) is 0 Å². The maximum absolute atomic E-state index is 12.2. The monoisotopic (exact) mass is 276 g/mol. The molecular formula is C14H16N2O2S. The van der Waals surface area contributed by atoms with E-state index in [-0.39, 0.29) is 11.8 Å². The second-order valence-electron chi connectivity index (χ2n) is 5.17. The Kier molecular flexibility index (Phi) is 3.33. The maximum atomic E-state index is 12.2. The van der Waals surface area contributed by atoms with Gasteiger partial charge in [-0.25, -0.2) is 8.61 Å². The number of fused-ring (bicyclic) bond motifs is 1. The smallest absolute Gasteiger partial charge is 0.268 e. The first kappa shape index (κ1) is 12.7. The van der Waals surface area contributed by atoms with Gasteiger partial charge in [0.25, 0.3) is 11.8 Å². The van der Waals surface area contributed by atoms with Gasteiger partial charge >= 0.3 is 0 Å². The van der Waals surface area contributed by atoms with Gasteiger partial charge in [-0.15, -0.1) is 0 Å². The van der Waals surface area contributed by atoms with Crippen LogP contribution in [-0.2, 0) is 0 Å². The molecule has 1 unspecified atom stereocenters. The third kappa shape index (κ3) is 2.28. The third-order valence-electron chi connectivity index (χ3n) is 3.57. The summed E-state index contributed by atoms with van der Waals surface area (Å²) in [6.07, 6.45) is 2.34. The summed E-state index contributed by atoms with van der Waals surface area (Å²) in [6, 6.07) is 7.02. The number of nitrogens with zero attached hydrogens (tertiary/aromatic N) is 2. The number of hydrogen-bond acceptors (Lipinski definition) is 4. The average Bonchev–Trinajstić information content (AvgIpc) is 2.65. The van der Waals surface area contributed by atoms with E-state index in [9.17, 15) is 9.59 Å². The van der Waals surface area contributed by atoms with Crippen LogP contribution in [0.2, 0.25) is 0 Å². The zero-order valence-corrected chi connectivity index (χ0v) is 11.7. The molecule has 0 spiro atoms. The molecular weight excluding hydrogens is 260 g/mol. The molecule has 0 aromatic heterocycles. The first-order valence-electron chi connectivity index (χ1n) is 6.57. The van der Waals surface area contributed by atoms with E-state index in [1.807, 2.05) is 0 Å². The van der Waals surface area contributed by atoms with Crippen molar-refractivity contribution in [2.24, 2.45) is 5.92 Å². The van der Waals surface area contributed by atoms with Crippen molar-refractivity contribution >= 4 is 23.9 Å². The van der Waals surface area contributed by atoms with Crippen molar-refractivity contribution in [1.29, 1.82) is 0 Å². The van der Waals surface area contributed by atoms with Gasteiger partial charge in [0, 0.05) is 13.1 Å². The molecule has 3 rings (SSSR count). The second-order valence-corrected chi connectivity index (χ2v) is 6.21. The minimum atomic E-state index is -0.191. The number of carbonyl (C=O) groups excluding carboxylic acids is 2. The Hall–Kier alpha value is -1.33. The molecule has 0 bridgehead atoms. The van der Waals surface area contributed by atoms with E-state index in [0.717, 1.165) is 19.5 Å². The van der Waals surface area contributed by atoms with Crippen LogP contribution in [0, 0.1) is 5.92 Å². The van der Waals surface area contributed by atoms with Gasteiger partial charge in [0.2, 0.25) is 0 Å². The van der Waals surface area contributed by atoms with E-state index in [4.69, 9.17) is 0 Å². The summed E-state index contributed by atoms with van der Waals surface area (Å²) in [7, 11) is 0. The number of amides is 2. The topological polar surface area (TPSA) is 40.6 Å². The molecule has 1 fully saturated rings. The van der Waals surface area contributed by atoms with Crippen LogP contribution in [0.1, 0.15) is 40.5 Å². The molecule has 0 radical (unpaired) electrons. The van der Waals surface area contributed by atoms with Crippen LogP contribution < -0.4 is 0 Å². The predicted molar refractivity (Wildman–Crippen MR) is 74.5 cm³/mol. The summed E-state index contributed by atoms with van der Waals surface area (Å²) in [5.74, 6) is 0.240. The lowest BCUT2D eigenvalue weighted by atomic mass is 10.0. The molecule has 0 N–H and O–H groups in total. The number of hydrogen-bond donors (Lipinski definition) is 0. The molecule has 1 aromatic rings. The van der Waals surface area contributed by atoms with E-state index in [2.05, 4.69) is 11.2 Å². The Morgan fingerprint density at radius 3 is 2.37 bits per heavy atom. The lowest BCUT2D eigenvalue weighted by Crippen LogP contribution is -2.35. The standard InChI is InChI=1S/C14H16N2O2S/c1-10-5-4-8-15(9-10)19-16-13(17)11-6-2-3-7-12(11)14(16)18/h2-3,6-7,10H,4-5,8-9H2,1H3. The van der Waals surface area contributed by atoms with Gasteiger partial charge in [0.15, 0.2) is 0 Å². The molecule has 100 valence electrons. The Labute approximate surface area is 117 Å². The van der Waals surface area contributed by atoms with E-state index >= 15 is 0 Å². The van der Waals surface area contributed by atoms with Gasteiger partial charge in [-0.1, -0.05) is 19.1 Å². The molecule has 0 saturated carbocycles. The SMILES string of the molecule is CC1CCCN(SN2C(=O)c3ccccc3C2=O)C1. The first-order valence-corrected chi connectivity index (χ1v) is 7.30. The van der Waals surface area contributed by atoms with E-state index in [1.54, 1.807) is 24.3 Å². The lowest BCUT2D eigenvalue weighted by molar-refractivity contribution is 0.0770. The van der Waals surface area contributed by atoms with E-state index in [1.165, 1.54) is 22.9 Å². The predicted octanol–water partition coefficient (Wildman–Crippen LogP) is 2.58. The molecule has 1 saturated heterocycles. The second kappa shape index (κ2) is 4.98. The molecule has 1 atom stereocenters. The summed E-state index contributed by atoms with van der Waals surface area (Å²) in [5.41, 5.74) is 1.04. The van der Waals surface area contributed by atoms with Crippen molar-refractivity contribution in [2.45, 2.75) is 19.8 Å². The van der Waals surface area contributed by atoms with Crippen molar-refractivity contribution in [3.05, 3.63) is 35.4 Å². The van der Waals surface area contributed by atoms with Crippen LogP contribution in [-0.4, -0.2) is 33.5 Å². The molecule has 2 aliphatic heterocycles. The number of carbonyl (C=O) groups is 2. The van der Waals surface area contributed by atoms with E-state index in [0.29, 0.717) is 17.0 Å². The summed E-state index contributed by atoms with van der Waals surface area (Å²) in [4.78, 5) is 24.4. The Morgan fingerprint density at radius 2 is 1.79 bits per heavy atom. The van der Waals surface area contributed by atoms with Crippen molar-refractivity contribution in [1.82, 2.24) is 8.61 Å². The molecule has 2 heterocycles. The highest BCUT2D eigenvalue weighted by molar-refractivity contribution is 7.95. The average molecular weight is 276 g/mol. The molecule has 5 heteroatoms. The summed E-state index contributed by atoms with van der Waals surface area (Å²) < 4.78 is 3.42. The number of piperidine rings is 1. The van der Waals surface area contributed by atoms with Crippen LogP contribution in [0.15, 0.2) is 24.3 Å². The van der Waals surface area contributed by atoms with Crippen LogP contribution in [0.5, 0.6) is 0 Å². The quantitative estimate of drug-likeness (QED) is 0.615. The van der Waals surface area contributed by atoms with Gasteiger partial charge in [0.1, 0.15) is 0 Å². The van der Waals surface area contributed by atoms with Crippen LogP contribution in [0.25, 0.3) is 0 Å². The van der Waals surface area contributed by atoms with Crippen LogP contribution in [0.3, 0.4) is 0 Å². The van der Waals surface area contributed by atoms with Crippen LogP contribution >= 0.6 is 12.1 Å². The van der Waals surface area contributed by atoms with Gasteiger partial charge in [-0.05, 0) is 30.9 Å². The molecule has 2 aliphatic rings. The van der Waals surface area contributed by atoms with E-state index < -0.39 is 0 Å². The van der Waals surface area contributed by atoms with Crippen molar-refractivity contribution < 1.29 is 9.59 Å². The Balaban J connectivity index is 1.77. The zero-order chi connectivity index (χ0) is 13.4. The zero-order valence-electron chi connectivity index (χ0n) is 10.8. The van der Waals surface area contributed by atoms with Gasteiger partial charge < -0.3 is 0 Å². The lowest BCUT2D eigenvalue weighted by Gasteiger charge is -2.31. The fraction of sp³-hybridized carbons (Fsp3) is 0.429. The van der Waals surface area contributed by atoms with Gasteiger partial charge in [-0.3, -0.25) is 9.59 Å². The van der Waals surface area contributed by atoms with Crippen molar-refractivity contribution in [2.75, 3.05) is 13.1 Å². The van der Waals surface area contributed by atoms with Crippen molar-refractivity contribution in [3.63, 3.8) is 0 Å². The van der Waals surface area contributed by atoms with Gasteiger partial charge in [-0.2, -0.15) is 0 Å². The minimum absolute atomic E-state index is 0.191. The largest absolute Gasteiger partial charge is 0.272 e. The highest BCUT2D eigenvalue weighted by Gasteiger charge is 2.37. The third-order valence-corrected chi connectivity index (χ3v) is 4.63. The molecule has 0 aliphatic carbocycles. The maximum Gasteiger partial charge on any atom is 0.272 e. The number of benzene rings is 1. The molecule has 1 aromatic carbocycles. The normalized spacial score (nSPS) is 23.8. The minimum Gasteiger partial charge on any atom is -0.268 e. The highest BCUT2D eigenvalue weighted by Crippen LogP contribution is 2.32. The highest BCUT2D eigenvalue weighted by atomic mass is 32.2. The Bertz CT molecular complexity index is 497. The molecule has 4 nitrogen and oxygen atoms in total. The number of rotatable bonds is 2. The fourth-order valence-electron chi connectivity index (χ4n) is 2.58. The van der Waals surface area contributed by atoms with Gasteiger partial charge in [0.05, 0.1) is 23.3 Å². The summed E-state index contributed by atoms with van der Waals surface area (Å²) in [6.45, 7) is 4.07. The number of imide groups is 1. The van der Waals surface area contributed by atoms with Crippen molar-refractivity contribution in [3.8, 4) is 0 Å². The first-order chi connectivity index (χ1) is 9.16.